The summed E-state index contributed by atoms with van der Waals surface area (Å²) in [6, 6.07) is 4.20. The van der Waals surface area contributed by atoms with Crippen LogP contribution in [-0.4, -0.2) is 6.54 Å². The Bertz CT molecular complexity index is 234. The fourth-order valence-corrected chi connectivity index (χ4v) is 1.34. The van der Waals surface area contributed by atoms with Crippen LogP contribution in [0.15, 0.2) is 21.2 Å². The first-order valence-corrected chi connectivity index (χ1v) is 5.02. The molecule has 2 nitrogen and oxygen atoms in total. The van der Waals surface area contributed by atoms with Crippen molar-refractivity contribution >= 4 is 15.9 Å². The van der Waals surface area contributed by atoms with Gasteiger partial charge >= 0.3 is 0 Å². The van der Waals surface area contributed by atoms with E-state index in [9.17, 15) is 0 Å². The topological polar surface area (TPSA) is 25.2 Å². The minimum Gasteiger partial charge on any atom is -0.453 e. The van der Waals surface area contributed by atoms with Crippen molar-refractivity contribution in [2.24, 2.45) is 0 Å². The van der Waals surface area contributed by atoms with Gasteiger partial charge in [-0.25, -0.2) is 0 Å². The predicted octanol–water partition coefficient (Wildman–Crippen LogP) is 3.10. The summed E-state index contributed by atoms with van der Waals surface area (Å²) in [7, 11) is 0. The molecule has 0 aliphatic carbocycles. The molecule has 1 unspecified atom stereocenters. The normalized spacial score (nSPS) is 13.2. The van der Waals surface area contributed by atoms with Gasteiger partial charge in [0, 0.05) is 0 Å². The van der Waals surface area contributed by atoms with Crippen LogP contribution in [0.25, 0.3) is 0 Å². The molecule has 0 saturated heterocycles. The SMILES string of the molecule is CCCNC(C)c1ccc(Br)o1. The van der Waals surface area contributed by atoms with Gasteiger partial charge in [0.05, 0.1) is 6.04 Å². The maximum atomic E-state index is 5.40. The maximum absolute atomic E-state index is 5.40. The van der Waals surface area contributed by atoms with Gasteiger partial charge in [-0.1, -0.05) is 6.92 Å². The third-order valence-corrected chi connectivity index (χ3v) is 2.15. The minimum absolute atomic E-state index is 0.302. The van der Waals surface area contributed by atoms with E-state index >= 15 is 0 Å². The van der Waals surface area contributed by atoms with Crippen LogP contribution in [0.2, 0.25) is 0 Å². The Labute approximate surface area is 81.5 Å². The van der Waals surface area contributed by atoms with Crippen LogP contribution in [0.4, 0.5) is 0 Å². The molecule has 1 heterocycles. The maximum Gasteiger partial charge on any atom is 0.169 e. The molecular formula is C9H14BrNO. The quantitative estimate of drug-likeness (QED) is 0.862. The van der Waals surface area contributed by atoms with Gasteiger partial charge < -0.3 is 9.73 Å². The average molecular weight is 232 g/mol. The van der Waals surface area contributed by atoms with Gasteiger partial charge in [-0.05, 0) is 48.0 Å². The number of hydrogen-bond acceptors (Lipinski definition) is 2. The van der Waals surface area contributed by atoms with Gasteiger partial charge in [0.1, 0.15) is 5.76 Å². The highest BCUT2D eigenvalue weighted by atomic mass is 79.9. The fourth-order valence-electron chi connectivity index (χ4n) is 1.02. The Balaban J connectivity index is 2.47. The third-order valence-electron chi connectivity index (χ3n) is 1.72. The van der Waals surface area contributed by atoms with Gasteiger partial charge in [-0.15, -0.1) is 0 Å². The summed E-state index contributed by atoms with van der Waals surface area (Å²) in [5, 5.41) is 3.35. The third kappa shape index (κ3) is 2.64. The highest BCUT2D eigenvalue weighted by molar-refractivity contribution is 9.10. The first kappa shape index (κ1) is 9.81. The first-order valence-electron chi connectivity index (χ1n) is 4.22. The molecule has 0 spiro atoms. The van der Waals surface area contributed by atoms with Crippen molar-refractivity contribution in [3.63, 3.8) is 0 Å². The van der Waals surface area contributed by atoms with Crippen LogP contribution in [0.1, 0.15) is 32.1 Å². The van der Waals surface area contributed by atoms with E-state index in [1.165, 1.54) is 0 Å². The van der Waals surface area contributed by atoms with Crippen molar-refractivity contribution < 1.29 is 4.42 Å². The highest BCUT2D eigenvalue weighted by Crippen LogP contribution is 2.19. The molecule has 68 valence electrons. The summed E-state index contributed by atoms with van der Waals surface area (Å²) in [5.74, 6) is 0.982. The Kier molecular flexibility index (Phi) is 3.82. The molecule has 1 rings (SSSR count). The highest BCUT2D eigenvalue weighted by Gasteiger charge is 2.07. The van der Waals surface area contributed by atoms with E-state index in [2.05, 4.69) is 35.1 Å². The van der Waals surface area contributed by atoms with Gasteiger partial charge in [-0.2, -0.15) is 0 Å². The summed E-state index contributed by atoms with van der Waals surface area (Å²) >= 11 is 3.27. The van der Waals surface area contributed by atoms with Gasteiger partial charge in [-0.3, -0.25) is 0 Å². The Morgan fingerprint density at radius 2 is 2.33 bits per heavy atom. The summed E-state index contributed by atoms with van der Waals surface area (Å²) in [4.78, 5) is 0. The van der Waals surface area contributed by atoms with E-state index in [0.29, 0.717) is 6.04 Å². The molecule has 0 amide bonds. The zero-order valence-corrected chi connectivity index (χ0v) is 9.02. The molecule has 0 saturated carbocycles. The van der Waals surface area contributed by atoms with Crippen molar-refractivity contribution in [2.45, 2.75) is 26.3 Å². The van der Waals surface area contributed by atoms with Crippen molar-refractivity contribution in [3.05, 3.63) is 22.6 Å². The zero-order chi connectivity index (χ0) is 8.97. The summed E-state index contributed by atoms with van der Waals surface area (Å²) < 4.78 is 6.19. The molecule has 3 heteroatoms. The first-order chi connectivity index (χ1) is 5.74. The molecule has 0 aliphatic heterocycles. The molecule has 0 radical (unpaired) electrons. The van der Waals surface area contributed by atoms with E-state index in [0.717, 1.165) is 23.4 Å². The number of halogens is 1. The molecule has 0 fully saturated rings. The van der Waals surface area contributed by atoms with Gasteiger partial charge in [0.2, 0.25) is 0 Å². The smallest absolute Gasteiger partial charge is 0.169 e. The largest absolute Gasteiger partial charge is 0.453 e. The summed E-state index contributed by atoms with van der Waals surface area (Å²) in [6.45, 7) is 5.28. The van der Waals surface area contributed by atoms with Crippen LogP contribution >= 0.6 is 15.9 Å². The molecule has 0 aliphatic rings. The van der Waals surface area contributed by atoms with Crippen LogP contribution in [0.3, 0.4) is 0 Å². The van der Waals surface area contributed by atoms with E-state index < -0.39 is 0 Å². The molecular weight excluding hydrogens is 218 g/mol. The van der Waals surface area contributed by atoms with Crippen LogP contribution in [0, 0.1) is 0 Å². The second-order valence-electron chi connectivity index (χ2n) is 2.82. The minimum atomic E-state index is 0.302. The standard InChI is InChI=1S/C9H14BrNO/c1-3-6-11-7(2)8-4-5-9(10)12-8/h4-5,7,11H,3,6H2,1-2H3. The van der Waals surface area contributed by atoms with Crippen LogP contribution in [0.5, 0.6) is 0 Å². The lowest BCUT2D eigenvalue weighted by molar-refractivity contribution is 0.419. The molecule has 1 aromatic rings. The van der Waals surface area contributed by atoms with E-state index in [1.54, 1.807) is 0 Å². The van der Waals surface area contributed by atoms with Crippen molar-refractivity contribution in [2.75, 3.05) is 6.54 Å². The lowest BCUT2D eigenvalue weighted by atomic mass is 10.2. The molecule has 12 heavy (non-hydrogen) atoms. The molecule has 0 aromatic carbocycles. The lowest BCUT2D eigenvalue weighted by Crippen LogP contribution is -2.18. The monoisotopic (exact) mass is 231 g/mol. The van der Waals surface area contributed by atoms with E-state index in [4.69, 9.17) is 4.42 Å². The van der Waals surface area contributed by atoms with Crippen LogP contribution < -0.4 is 5.32 Å². The summed E-state index contributed by atoms with van der Waals surface area (Å²) in [5.41, 5.74) is 0. The molecule has 1 N–H and O–H groups in total. The Morgan fingerprint density at radius 3 is 2.83 bits per heavy atom. The fraction of sp³-hybridized carbons (Fsp3) is 0.556. The second-order valence-corrected chi connectivity index (χ2v) is 3.60. The van der Waals surface area contributed by atoms with Gasteiger partial charge in [0.15, 0.2) is 4.67 Å². The Hall–Kier alpha value is -0.280. The number of nitrogens with one attached hydrogen (secondary N) is 1. The number of hydrogen-bond donors (Lipinski definition) is 1. The van der Waals surface area contributed by atoms with E-state index in [-0.39, 0.29) is 0 Å². The summed E-state index contributed by atoms with van der Waals surface area (Å²) in [6.07, 6.45) is 1.15. The van der Waals surface area contributed by atoms with Crippen LogP contribution in [-0.2, 0) is 0 Å². The van der Waals surface area contributed by atoms with Gasteiger partial charge in [0.25, 0.3) is 0 Å². The Morgan fingerprint density at radius 1 is 1.58 bits per heavy atom. The number of rotatable bonds is 4. The van der Waals surface area contributed by atoms with Crippen molar-refractivity contribution in [1.29, 1.82) is 0 Å². The zero-order valence-electron chi connectivity index (χ0n) is 7.43. The average Bonchev–Trinajstić information content (AvgIpc) is 2.47. The molecule has 0 bridgehead atoms. The predicted molar refractivity (Wildman–Crippen MR) is 53.1 cm³/mol. The van der Waals surface area contributed by atoms with Crippen molar-refractivity contribution in [1.82, 2.24) is 5.32 Å². The second kappa shape index (κ2) is 4.67. The molecule has 1 aromatic heterocycles. The number of furan rings is 1. The lowest BCUT2D eigenvalue weighted by Gasteiger charge is -2.09. The van der Waals surface area contributed by atoms with Crippen molar-refractivity contribution in [3.8, 4) is 0 Å². The molecule has 1 atom stereocenters. The van der Waals surface area contributed by atoms with E-state index in [1.807, 2.05) is 12.1 Å².